The van der Waals surface area contributed by atoms with Crippen LogP contribution in [-0.2, 0) is 9.53 Å². The van der Waals surface area contributed by atoms with Gasteiger partial charge < -0.3 is 14.8 Å². The minimum absolute atomic E-state index is 0.104. The molecule has 5 nitrogen and oxygen atoms in total. The van der Waals surface area contributed by atoms with E-state index in [1.165, 1.54) is 5.56 Å². The van der Waals surface area contributed by atoms with Crippen LogP contribution in [0.25, 0.3) is 0 Å². The van der Waals surface area contributed by atoms with Crippen molar-refractivity contribution in [3.05, 3.63) is 29.8 Å². The molecule has 1 aromatic rings. The fourth-order valence-corrected chi connectivity index (χ4v) is 3.71. The Balaban J connectivity index is 1.48. The highest BCUT2D eigenvalue weighted by molar-refractivity contribution is 5.78. The van der Waals surface area contributed by atoms with Crippen LogP contribution in [0.1, 0.15) is 37.7 Å². The standard InChI is InChI=1S/C19H28N2O3/c1-14-10-16(15-5-7-17(23-2)8-6-15)12-21(14)13-19(22)20-11-18-4-3-9-24-18/h5-8,14,16,18H,3-4,9-13H2,1-2H3,(H,20,22)/t14-,16-,18-/m1/s1. The summed E-state index contributed by atoms with van der Waals surface area (Å²) < 4.78 is 10.8. The number of hydrogen-bond acceptors (Lipinski definition) is 4. The van der Waals surface area contributed by atoms with E-state index in [0.29, 0.717) is 25.0 Å². The molecule has 0 saturated carbocycles. The summed E-state index contributed by atoms with van der Waals surface area (Å²) in [6, 6.07) is 8.72. The topological polar surface area (TPSA) is 50.8 Å². The second-order valence-corrected chi connectivity index (χ2v) is 6.92. The van der Waals surface area contributed by atoms with Crippen molar-refractivity contribution < 1.29 is 14.3 Å². The molecule has 2 heterocycles. The highest BCUT2D eigenvalue weighted by atomic mass is 16.5. The number of nitrogens with zero attached hydrogens (tertiary/aromatic N) is 1. The molecule has 0 radical (unpaired) electrons. The van der Waals surface area contributed by atoms with Crippen molar-refractivity contribution >= 4 is 5.91 Å². The maximum atomic E-state index is 12.2. The van der Waals surface area contributed by atoms with E-state index in [0.717, 1.165) is 38.2 Å². The minimum atomic E-state index is 0.104. The van der Waals surface area contributed by atoms with Gasteiger partial charge in [0.2, 0.25) is 5.91 Å². The maximum Gasteiger partial charge on any atom is 0.234 e. The molecule has 2 fully saturated rings. The molecule has 5 heteroatoms. The molecule has 1 amide bonds. The van der Waals surface area contributed by atoms with E-state index in [1.54, 1.807) is 7.11 Å². The molecule has 24 heavy (non-hydrogen) atoms. The maximum absolute atomic E-state index is 12.2. The Bertz CT molecular complexity index is 540. The summed E-state index contributed by atoms with van der Waals surface area (Å²) in [4.78, 5) is 14.5. The molecule has 0 aliphatic carbocycles. The summed E-state index contributed by atoms with van der Waals surface area (Å²) in [5, 5.41) is 3.02. The smallest absolute Gasteiger partial charge is 0.234 e. The molecule has 3 rings (SSSR count). The van der Waals surface area contributed by atoms with Crippen molar-refractivity contribution in [1.29, 1.82) is 0 Å². The summed E-state index contributed by atoms with van der Waals surface area (Å²) in [5.74, 6) is 1.47. The van der Waals surface area contributed by atoms with Crippen molar-refractivity contribution in [3.63, 3.8) is 0 Å². The summed E-state index contributed by atoms with van der Waals surface area (Å²) >= 11 is 0. The molecule has 3 atom stereocenters. The lowest BCUT2D eigenvalue weighted by molar-refractivity contribution is -0.122. The van der Waals surface area contributed by atoms with Gasteiger partial charge in [-0.05, 0) is 49.8 Å². The third-order valence-corrected chi connectivity index (χ3v) is 5.19. The number of carbonyl (C=O) groups excluding carboxylic acids is 1. The highest BCUT2D eigenvalue weighted by Crippen LogP contribution is 2.32. The van der Waals surface area contributed by atoms with Gasteiger partial charge in [0.1, 0.15) is 5.75 Å². The number of likely N-dealkylation sites (tertiary alicyclic amines) is 1. The van der Waals surface area contributed by atoms with Crippen molar-refractivity contribution in [2.75, 3.05) is 33.4 Å². The molecule has 0 aromatic heterocycles. The number of benzene rings is 1. The number of carbonyl (C=O) groups is 1. The zero-order valence-corrected chi connectivity index (χ0v) is 14.7. The first-order valence-corrected chi connectivity index (χ1v) is 8.92. The Morgan fingerprint density at radius 2 is 2.17 bits per heavy atom. The van der Waals surface area contributed by atoms with Crippen LogP contribution < -0.4 is 10.1 Å². The fraction of sp³-hybridized carbons (Fsp3) is 0.632. The highest BCUT2D eigenvalue weighted by Gasteiger charge is 2.31. The lowest BCUT2D eigenvalue weighted by Crippen LogP contribution is -2.41. The Morgan fingerprint density at radius 3 is 2.83 bits per heavy atom. The van der Waals surface area contributed by atoms with Crippen molar-refractivity contribution in [3.8, 4) is 5.75 Å². The molecule has 0 spiro atoms. The van der Waals surface area contributed by atoms with Gasteiger partial charge >= 0.3 is 0 Å². The molecule has 0 unspecified atom stereocenters. The average molecular weight is 332 g/mol. The summed E-state index contributed by atoms with van der Waals surface area (Å²) in [7, 11) is 1.68. The number of amides is 1. The van der Waals surface area contributed by atoms with Crippen LogP contribution in [0, 0.1) is 0 Å². The number of rotatable bonds is 6. The lowest BCUT2D eigenvalue weighted by Gasteiger charge is -2.21. The van der Waals surface area contributed by atoms with E-state index in [1.807, 2.05) is 12.1 Å². The number of nitrogens with one attached hydrogen (secondary N) is 1. The van der Waals surface area contributed by atoms with Crippen LogP contribution in [0.2, 0.25) is 0 Å². The number of hydrogen-bond donors (Lipinski definition) is 1. The van der Waals surface area contributed by atoms with Crippen LogP contribution in [0.4, 0.5) is 0 Å². The van der Waals surface area contributed by atoms with Gasteiger partial charge in [0.15, 0.2) is 0 Å². The summed E-state index contributed by atoms with van der Waals surface area (Å²) in [6.45, 7) is 5.08. The van der Waals surface area contributed by atoms with Gasteiger partial charge in [0.05, 0.1) is 19.8 Å². The quantitative estimate of drug-likeness (QED) is 0.867. The van der Waals surface area contributed by atoms with E-state index < -0.39 is 0 Å². The van der Waals surface area contributed by atoms with E-state index in [2.05, 4.69) is 29.3 Å². The third-order valence-electron chi connectivity index (χ3n) is 5.19. The van der Waals surface area contributed by atoms with Crippen molar-refractivity contribution in [2.45, 2.75) is 44.2 Å². The summed E-state index contributed by atoms with van der Waals surface area (Å²) in [6.07, 6.45) is 3.45. The fourth-order valence-electron chi connectivity index (χ4n) is 3.71. The van der Waals surface area contributed by atoms with Crippen molar-refractivity contribution in [1.82, 2.24) is 10.2 Å². The van der Waals surface area contributed by atoms with Gasteiger partial charge in [-0.2, -0.15) is 0 Å². The van der Waals surface area contributed by atoms with Gasteiger partial charge in [0.25, 0.3) is 0 Å². The summed E-state index contributed by atoms with van der Waals surface area (Å²) in [5.41, 5.74) is 1.32. The molecule has 2 aliphatic heterocycles. The Hall–Kier alpha value is -1.59. The minimum Gasteiger partial charge on any atom is -0.497 e. The van der Waals surface area contributed by atoms with Gasteiger partial charge in [-0.15, -0.1) is 0 Å². The normalized spacial score (nSPS) is 27.3. The Morgan fingerprint density at radius 1 is 1.38 bits per heavy atom. The van der Waals surface area contributed by atoms with E-state index in [4.69, 9.17) is 9.47 Å². The zero-order valence-electron chi connectivity index (χ0n) is 14.7. The zero-order chi connectivity index (χ0) is 16.9. The van der Waals surface area contributed by atoms with E-state index in [9.17, 15) is 4.79 Å². The van der Waals surface area contributed by atoms with Crippen molar-refractivity contribution in [2.24, 2.45) is 0 Å². The number of methoxy groups -OCH3 is 1. The predicted octanol–water partition coefficient (Wildman–Crippen LogP) is 2.17. The van der Waals surface area contributed by atoms with Gasteiger partial charge in [-0.25, -0.2) is 0 Å². The van der Waals surface area contributed by atoms with Gasteiger partial charge in [-0.3, -0.25) is 9.69 Å². The first-order chi connectivity index (χ1) is 11.7. The second-order valence-electron chi connectivity index (χ2n) is 6.92. The van der Waals surface area contributed by atoms with Crippen LogP contribution >= 0.6 is 0 Å². The van der Waals surface area contributed by atoms with Gasteiger partial charge in [-0.1, -0.05) is 12.1 Å². The molecule has 1 aromatic carbocycles. The SMILES string of the molecule is COc1ccc([C@@H]2C[C@@H](C)N(CC(=O)NC[C@H]3CCCO3)C2)cc1. The monoisotopic (exact) mass is 332 g/mol. The van der Waals surface area contributed by atoms with Crippen LogP contribution in [-0.4, -0.2) is 56.3 Å². The molecule has 132 valence electrons. The largest absolute Gasteiger partial charge is 0.497 e. The Labute approximate surface area is 144 Å². The predicted molar refractivity (Wildman–Crippen MR) is 93.4 cm³/mol. The lowest BCUT2D eigenvalue weighted by atomic mass is 9.97. The average Bonchev–Trinajstić information content (AvgIpc) is 3.23. The first-order valence-electron chi connectivity index (χ1n) is 8.92. The van der Waals surface area contributed by atoms with E-state index >= 15 is 0 Å². The molecule has 0 bridgehead atoms. The van der Waals surface area contributed by atoms with Crippen LogP contribution in [0.3, 0.4) is 0 Å². The molecular weight excluding hydrogens is 304 g/mol. The van der Waals surface area contributed by atoms with Gasteiger partial charge in [0, 0.05) is 25.7 Å². The first kappa shape index (κ1) is 17.2. The Kier molecular flexibility index (Phi) is 5.74. The number of ether oxygens (including phenoxy) is 2. The van der Waals surface area contributed by atoms with Crippen LogP contribution in [0.15, 0.2) is 24.3 Å². The molecule has 1 N–H and O–H groups in total. The molecule has 2 saturated heterocycles. The third kappa shape index (κ3) is 4.28. The van der Waals surface area contributed by atoms with E-state index in [-0.39, 0.29) is 12.0 Å². The molecule has 2 aliphatic rings. The van der Waals surface area contributed by atoms with Crippen LogP contribution in [0.5, 0.6) is 5.75 Å². The molecular formula is C19H28N2O3. The second kappa shape index (κ2) is 7.99.